The van der Waals surface area contributed by atoms with Crippen LogP contribution in [0.1, 0.15) is 6.42 Å². The van der Waals surface area contributed by atoms with Crippen molar-refractivity contribution in [2.45, 2.75) is 17.7 Å². The zero-order valence-corrected chi connectivity index (χ0v) is 8.70. The van der Waals surface area contributed by atoms with Crippen LogP contribution in [0, 0.1) is 0 Å². The molecule has 0 amide bonds. The minimum Gasteiger partial charge on any atom is -0.508 e. The van der Waals surface area contributed by atoms with Crippen LogP contribution >= 0.6 is 11.8 Å². The molecule has 2 nitrogen and oxygen atoms in total. The first-order valence-electron chi connectivity index (χ1n) is 5.00. The van der Waals surface area contributed by atoms with Crippen LogP contribution in [0.25, 0.3) is 0 Å². The van der Waals surface area contributed by atoms with Crippen molar-refractivity contribution in [3.05, 3.63) is 24.3 Å². The number of phenols is 1. The molecule has 14 heavy (non-hydrogen) atoms. The third kappa shape index (κ3) is 1.27. The Morgan fingerprint density at radius 2 is 2.07 bits per heavy atom. The lowest BCUT2D eigenvalue weighted by atomic mass is 10.2. The Kier molecular flexibility index (Phi) is 1.87. The van der Waals surface area contributed by atoms with Crippen LogP contribution in [0.3, 0.4) is 0 Å². The van der Waals surface area contributed by atoms with Crippen molar-refractivity contribution in [1.82, 2.24) is 0 Å². The van der Waals surface area contributed by atoms with Crippen LogP contribution in [-0.2, 0) is 0 Å². The van der Waals surface area contributed by atoms with Crippen LogP contribution < -0.4 is 4.90 Å². The fraction of sp³-hybridized carbons (Fsp3) is 0.455. The largest absolute Gasteiger partial charge is 0.508 e. The number of nitrogens with zero attached hydrogens (tertiary/aromatic N) is 1. The molecule has 2 unspecified atom stereocenters. The lowest BCUT2D eigenvalue weighted by molar-refractivity contribution is 0.475. The molecule has 1 aromatic rings. The van der Waals surface area contributed by atoms with E-state index in [1.165, 1.54) is 24.4 Å². The Morgan fingerprint density at radius 3 is 2.64 bits per heavy atom. The van der Waals surface area contributed by atoms with Gasteiger partial charge in [-0.15, -0.1) is 0 Å². The molecule has 2 aliphatic heterocycles. The molecular formula is C11H13NOS. The average molecular weight is 207 g/mol. The van der Waals surface area contributed by atoms with Gasteiger partial charge in [-0.1, -0.05) is 0 Å². The highest BCUT2D eigenvalue weighted by Crippen LogP contribution is 2.40. The minimum atomic E-state index is 0.354. The fourth-order valence-electron chi connectivity index (χ4n) is 2.36. The zero-order valence-electron chi connectivity index (χ0n) is 7.89. The monoisotopic (exact) mass is 207 g/mol. The van der Waals surface area contributed by atoms with Crippen LogP contribution in [0.5, 0.6) is 5.75 Å². The van der Waals surface area contributed by atoms with Gasteiger partial charge >= 0.3 is 0 Å². The summed E-state index contributed by atoms with van der Waals surface area (Å²) in [4.78, 5) is 2.47. The van der Waals surface area contributed by atoms with Crippen molar-refractivity contribution < 1.29 is 5.11 Å². The lowest BCUT2D eigenvalue weighted by Crippen LogP contribution is -2.33. The van der Waals surface area contributed by atoms with E-state index in [-0.39, 0.29) is 0 Å². The second kappa shape index (κ2) is 3.09. The maximum Gasteiger partial charge on any atom is 0.115 e. The molecule has 2 aliphatic rings. The highest BCUT2D eigenvalue weighted by molar-refractivity contribution is 8.00. The van der Waals surface area contributed by atoms with Crippen LogP contribution in [-0.4, -0.2) is 28.7 Å². The average Bonchev–Trinajstić information content (AvgIpc) is 2.80. The molecule has 2 fully saturated rings. The van der Waals surface area contributed by atoms with E-state index in [0.717, 1.165) is 11.3 Å². The van der Waals surface area contributed by atoms with Gasteiger partial charge < -0.3 is 10.0 Å². The van der Waals surface area contributed by atoms with Gasteiger partial charge in [0.05, 0.1) is 0 Å². The molecule has 1 aromatic carbocycles. The second-order valence-electron chi connectivity index (χ2n) is 4.01. The number of aromatic hydroxyl groups is 1. The number of benzene rings is 1. The van der Waals surface area contributed by atoms with Crippen molar-refractivity contribution in [1.29, 1.82) is 0 Å². The lowest BCUT2D eigenvalue weighted by Gasteiger charge is -2.28. The van der Waals surface area contributed by atoms with Gasteiger partial charge in [0.2, 0.25) is 0 Å². The Hall–Kier alpha value is -0.830. The maximum absolute atomic E-state index is 9.21. The van der Waals surface area contributed by atoms with Crippen molar-refractivity contribution in [2.75, 3.05) is 17.2 Å². The molecule has 74 valence electrons. The van der Waals surface area contributed by atoms with Gasteiger partial charge in [-0.25, -0.2) is 0 Å². The number of fused-ring (bicyclic) bond motifs is 2. The Balaban J connectivity index is 1.86. The molecule has 0 saturated carbocycles. The number of phenolic OH excluding ortho intramolecular Hbond substituents is 1. The summed E-state index contributed by atoms with van der Waals surface area (Å²) in [5, 5.41) is 10.1. The summed E-state index contributed by atoms with van der Waals surface area (Å²) in [7, 11) is 0. The molecule has 0 aliphatic carbocycles. The molecule has 2 bridgehead atoms. The number of rotatable bonds is 1. The molecule has 3 rings (SSSR count). The van der Waals surface area contributed by atoms with Gasteiger partial charge in [0.15, 0.2) is 0 Å². The summed E-state index contributed by atoms with van der Waals surface area (Å²) in [5.41, 5.74) is 1.26. The van der Waals surface area contributed by atoms with Gasteiger partial charge in [-0.05, 0) is 30.7 Å². The topological polar surface area (TPSA) is 23.5 Å². The van der Waals surface area contributed by atoms with Gasteiger partial charge in [0.25, 0.3) is 0 Å². The predicted octanol–water partition coefficient (Wildman–Crippen LogP) is 2.09. The van der Waals surface area contributed by atoms with Gasteiger partial charge in [-0.2, -0.15) is 11.8 Å². The van der Waals surface area contributed by atoms with Crippen LogP contribution in [0.15, 0.2) is 24.3 Å². The van der Waals surface area contributed by atoms with Gasteiger partial charge in [-0.3, -0.25) is 0 Å². The Bertz CT molecular complexity index is 338. The summed E-state index contributed by atoms with van der Waals surface area (Å²) in [6, 6.07) is 8.30. The highest BCUT2D eigenvalue weighted by Gasteiger charge is 2.38. The molecule has 3 heteroatoms. The standard InChI is InChI=1S/C11H13NOS/c13-10-3-1-8(2-4-10)12-6-11-5-9(12)7-14-11/h1-4,9,11,13H,5-7H2. The maximum atomic E-state index is 9.21. The SMILES string of the molecule is Oc1ccc(N2CC3CC2CS3)cc1. The summed E-state index contributed by atoms with van der Waals surface area (Å²) < 4.78 is 0. The van der Waals surface area contributed by atoms with E-state index >= 15 is 0 Å². The third-order valence-corrected chi connectivity index (χ3v) is 4.47. The van der Waals surface area contributed by atoms with E-state index in [4.69, 9.17) is 0 Å². The number of hydrogen-bond donors (Lipinski definition) is 1. The van der Waals surface area contributed by atoms with E-state index in [0.29, 0.717) is 5.75 Å². The van der Waals surface area contributed by atoms with E-state index in [2.05, 4.69) is 16.7 Å². The van der Waals surface area contributed by atoms with E-state index in [9.17, 15) is 5.11 Å². The van der Waals surface area contributed by atoms with Crippen molar-refractivity contribution in [3.8, 4) is 5.75 Å². The van der Waals surface area contributed by atoms with E-state index in [1.807, 2.05) is 12.1 Å². The molecule has 2 saturated heterocycles. The summed E-state index contributed by atoms with van der Waals surface area (Å²) in [6.07, 6.45) is 1.34. The van der Waals surface area contributed by atoms with Gasteiger partial charge in [0.1, 0.15) is 5.75 Å². The van der Waals surface area contributed by atoms with E-state index < -0.39 is 0 Å². The van der Waals surface area contributed by atoms with Crippen molar-refractivity contribution >= 4 is 17.4 Å². The Labute approximate surface area is 87.9 Å². The molecule has 1 N–H and O–H groups in total. The first-order chi connectivity index (χ1) is 6.83. The molecule has 0 aromatic heterocycles. The van der Waals surface area contributed by atoms with Crippen molar-refractivity contribution in [3.63, 3.8) is 0 Å². The minimum absolute atomic E-state index is 0.354. The quantitative estimate of drug-likeness (QED) is 0.762. The van der Waals surface area contributed by atoms with Gasteiger partial charge in [0, 0.05) is 29.3 Å². The first kappa shape index (κ1) is 8.48. The van der Waals surface area contributed by atoms with Crippen molar-refractivity contribution in [2.24, 2.45) is 0 Å². The molecule has 0 radical (unpaired) electrons. The number of thioether (sulfide) groups is 1. The zero-order chi connectivity index (χ0) is 9.54. The highest BCUT2D eigenvalue weighted by atomic mass is 32.2. The van der Waals surface area contributed by atoms with Crippen LogP contribution in [0.4, 0.5) is 5.69 Å². The summed E-state index contributed by atoms with van der Waals surface area (Å²) in [6.45, 7) is 1.18. The Morgan fingerprint density at radius 1 is 1.29 bits per heavy atom. The third-order valence-electron chi connectivity index (χ3n) is 3.08. The molecule has 2 heterocycles. The summed E-state index contributed by atoms with van der Waals surface area (Å²) >= 11 is 2.10. The second-order valence-corrected chi connectivity index (χ2v) is 5.35. The molecular weight excluding hydrogens is 194 g/mol. The van der Waals surface area contributed by atoms with Crippen LogP contribution in [0.2, 0.25) is 0 Å². The summed E-state index contributed by atoms with van der Waals surface area (Å²) in [5.74, 6) is 1.62. The smallest absolute Gasteiger partial charge is 0.115 e. The first-order valence-corrected chi connectivity index (χ1v) is 6.05. The normalized spacial score (nSPS) is 29.9. The van der Waals surface area contributed by atoms with E-state index in [1.54, 1.807) is 12.1 Å². The predicted molar refractivity (Wildman–Crippen MR) is 60.1 cm³/mol. The molecule has 0 spiro atoms. The molecule has 2 atom stereocenters. The number of anilines is 1. The fourth-order valence-corrected chi connectivity index (χ4v) is 3.79. The number of hydrogen-bond acceptors (Lipinski definition) is 3.